The van der Waals surface area contributed by atoms with Crippen molar-refractivity contribution in [2.75, 3.05) is 0 Å². The summed E-state index contributed by atoms with van der Waals surface area (Å²) in [5, 5.41) is 4.17. The van der Waals surface area contributed by atoms with Gasteiger partial charge < -0.3 is 0 Å². The van der Waals surface area contributed by atoms with Crippen LogP contribution in [0, 0.1) is 3.57 Å². The predicted octanol–water partition coefficient (Wildman–Crippen LogP) is 2.61. The van der Waals surface area contributed by atoms with Gasteiger partial charge in [0.05, 0.1) is 21.3 Å². The molecule has 0 N–H and O–H groups in total. The van der Waals surface area contributed by atoms with Gasteiger partial charge in [0, 0.05) is 6.20 Å². The standard InChI is InChI=1S/C9H7ClIN3/c10-4-8-2-1-3-9(13-8)14-6-7(11)5-12-14/h1-3,5-6H,4H2. The van der Waals surface area contributed by atoms with E-state index >= 15 is 0 Å². The van der Waals surface area contributed by atoms with Gasteiger partial charge in [-0.15, -0.1) is 11.6 Å². The Labute approximate surface area is 100 Å². The number of hydrogen-bond donors (Lipinski definition) is 0. The Kier molecular flexibility index (Phi) is 3.02. The average molecular weight is 320 g/mol. The first-order chi connectivity index (χ1) is 6.79. The molecule has 0 aromatic carbocycles. The van der Waals surface area contributed by atoms with Crippen LogP contribution in [0.4, 0.5) is 0 Å². The zero-order chi connectivity index (χ0) is 9.97. The zero-order valence-electron chi connectivity index (χ0n) is 7.19. The molecular weight excluding hydrogens is 312 g/mol. The van der Waals surface area contributed by atoms with Crippen LogP contribution in [0.1, 0.15) is 5.69 Å². The Morgan fingerprint density at radius 3 is 2.93 bits per heavy atom. The summed E-state index contributed by atoms with van der Waals surface area (Å²) < 4.78 is 2.82. The van der Waals surface area contributed by atoms with Crippen molar-refractivity contribution < 1.29 is 0 Å². The van der Waals surface area contributed by atoms with Gasteiger partial charge in [-0.05, 0) is 34.7 Å². The number of nitrogens with zero attached hydrogens (tertiary/aromatic N) is 3. The van der Waals surface area contributed by atoms with E-state index in [1.54, 1.807) is 10.9 Å². The quantitative estimate of drug-likeness (QED) is 0.629. The highest BCUT2D eigenvalue weighted by atomic mass is 127. The summed E-state index contributed by atoms with van der Waals surface area (Å²) in [6.07, 6.45) is 3.70. The molecule has 0 spiro atoms. The van der Waals surface area contributed by atoms with E-state index in [-0.39, 0.29) is 0 Å². The van der Waals surface area contributed by atoms with E-state index in [9.17, 15) is 0 Å². The van der Waals surface area contributed by atoms with Crippen molar-refractivity contribution in [1.82, 2.24) is 14.8 Å². The monoisotopic (exact) mass is 319 g/mol. The summed E-state index contributed by atoms with van der Waals surface area (Å²) in [5.41, 5.74) is 0.856. The van der Waals surface area contributed by atoms with Gasteiger partial charge in [0.15, 0.2) is 5.82 Å². The normalized spacial score (nSPS) is 10.4. The van der Waals surface area contributed by atoms with E-state index in [2.05, 4.69) is 32.7 Å². The Morgan fingerprint density at radius 2 is 2.29 bits per heavy atom. The molecule has 2 aromatic rings. The summed E-state index contributed by atoms with van der Waals surface area (Å²) >= 11 is 7.91. The third-order valence-corrected chi connectivity index (χ3v) is 2.55. The number of rotatable bonds is 2. The van der Waals surface area contributed by atoms with Gasteiger partial charge in [-0.3, -0.25) is 0 Å². The van der Waals surface area contributed by atoms with Gasteiger partial charge in [0.1, 0.15) is 0 Å². The molecule has 0 saturated heterocycles. The SMILES string of the molecule is ClCc1cccc(-n2cc(I)cn2)n1. The minimum absolute atomic E-state index is 0.423. The summed E-state index contributed by atoms with van der Waals surface area (Å²) in [4.78, 5) is 4.34. The molecule has 0 radical (unpaired) electrons. The summed E-state index contributed by atoms with van der Waals surface area (Å²) in [6, 6.07) is 5.72. The molecule has 0 amide bonds. The molecule has 0 fully saturated rings. The van der Waals surface area contributed by atoms with Crippen molar-refractivity contribution in [3.63, 3.8) is 0 Å². The molecule has 5 heteroatoms. The third-order valence-electron chi connectivity index (χ3n) is 1.71. The van der Waals surface area contributed by atoms with Gasteiger partial charge in [-0.1, -0.05) is 6.07 Å². The van der Waals surface area contributed by atoms with Crippen LogP contribution in [0.3, 0.4) is 0 Å². The lowest BCUT2D eigenvalue weighted by atomic mass is 10.4. The van der Waals surface area contributed by atoms with Crippen LogP contribution in [0.25, 0.3) is 5.82 Å². The van der Waals surface area contributed by atoms with Gasteiger partial charge in [0.25, 0.3) is 0 Å². The van der Waals surface area contributed by atoms with E-state index in [0.717, 1.165) is 15.1 Å². The summed E-state index contributed by atoms with van der Waals surface area (Å²) in [7, 11) is 0. The van der Waals surface area contributed by atoms with Gasteiger partial charge in [-0.2, -0.15) is 5.10 Å². The molecule has 3 nitrogen and oxygen atoms in total. The zero-order valence-corrected chi connectivity index (χ0v) is 10.1. The van der Waals surface area contributed by atoms with E-state index < -0.39 is 0 Å². The maximum atomic E-state index is 5.70. The highest BCUT2D eigenvalue weighted by Crippen LogP contribution is 2.09. The summed E-state index contributed by atoms with van der Waals surface area (Å²) in [5.74, 6) is 1.22. The second kappa shape index (κ2) is 4.27. The fourth-order valence-electron chi connectivity index (χ4n) is 1.10. The number of hydrogen-bond acceptors (Lipinski definition) is 2. The van der Waals surface area contributed by atoms with Gasteiger partial charge in [0.2, 0.25) is 0 Å². The Bertz CT molecular complexity index is 441. The van der Waals surface area contributed by atoms with Crippen LogP contribution in [0.2, 0.25) is 0 Å². The first kappa shape index (κ1) is 9.92. The Balaban J connectivity index is 2.41. The second-order valence-electron chi connectivity index (χ2n) is 2.72. The molecule has 0 atom stereocenters. The Morgan fingerprint density at radius 1 is 1.43 bits per heavy atom. The second-order valence-corrected chi connectivity index (χ2v) is 4.24. The molecule has 14 heavy (non-hydrogen) atoms. The highest BCUT2D eigenvalue weighted by Gasteiger charge is 2.00. The minimum atomic E-state index is 0.423. The number of pyridine rings is 1. The van der Waals surface area contributed by atoms with Crippen molar-refractivity contribution in [1.29, 1.82) is 0 Å². The van der Waals surface area contributed by atoms with Gasteiger partial charge >= 0.3 is 0 Å². The number of halogens is 2. The van der Waals surface area contributed by atoms with Crippen LogP contribution >= 0.6 is 34.2 Å². The first-order valence-electron chi connectivity index (χ1n) is 4.02. The largest absolute Gasteiger partial charge is 0.232 e. The van der Waals surface area contributed by atoms with E-state index in [1.165, 1.54) is 0 Å². The smallest absolute Gasteiger partial charge is 0.153 e. The molecule has 2 rings (SSSR count). The lowest BCUT2D eigenvalue weighted by molar-refractivity contribution is 0.839. The fraction of sp³-hybridized carbons (Fsp3) is 0.111. The van der Waals surface area contributed by atoms with Crippen LogP contribution < -0.4 is 0 Å². The topological polar surface area (TPSA) is 30.7 Å². The predicted molar refractivity (Wildman–Crippen MR) is 63.6 cm³/mol. The number of alkyl halides is 1. The average Bonchev–Trinajstić information content (AvgIpc) is 2.65. The maximum Gasteiger partial charge on any atom is 0.153 e. The van der Waals surface area contributed by atoms with Crippen molar-refractivity contribution >= 4 is 34.2 Å². The molecule has 0 bridgehead atoms. The molecule has 72 valence electrons. The molecule has 0 aliphatic carbocycles. The van der Waals surface area contributed by atoms with Crippen molar-refractivity contribution in [3.05, 3.63) is 39.9 Å². The molecule has 2 aromatic heterocycles. The lowest BCUT2D eigenvalue weighted by Gasteiger charge is -2.01. The lowest BCUT2D eigenvalue weighted by Crippen LogP contribution is -1.99. The highest BCUT2D eigenvalue weighted by molar-refractivity contribution is 14.1. The molecule has 0 aliphatic heterocycles. The van der Waals surface area contributed by atoms with E-state index in [4.69, 9.17) is 11.6 Å². The van der Waals surface area contributed by atoms with Gasteiger partial charge in [-0.25, -0.2) is 9.67 Å². The molecular formula is C9H7ClIN3. The van der Waals surface area contributed by atoms with Crippen molar-refractivity contribution in [2.24, 2.45) is 0 Å². The van der Waals surface area contributed by atoms with E-state index in [1.807, 2.05) is 24.4 Å². The molecule has 0 aliphatic rings. The van der Waals surface area contributed by atoms with E-state index in [0.29, 0.717) is 5.88 Å². The van der Waals surface area contributed by atoms with Crippen LogP contribution in [-0.4, -0.2) is 14.8 Å². The first-order valence-corrected chi connectivity index (χ1v) is 5.63. The summed E-state index contributed by atoms with van der Waals surface area (Å²) in [6.45, 7) is 0. The van der Waals surface area contributed by atoms with Crippen LogP contribution in [-0.2, 0) is 5.88 Å². The molecule has 0 saturated carbocycles. The minimum Gasteiger partial charge on any atom is -0.232 e. The third kappa shape index (κ3) is 2.06. The fourth-order valence-corrected chi connectivity index (χ4v) is 1.63. The van der Waals surface area contributed by atoms with Crippen LogP contribution in [0.5, 0.6) is 0 Å². The number of aromatic nitrogens is 3. The van der Waals surface area contributed by atoms with Crippen molar-refractivity contribution in [2.45, 2.75) is 5.88 Å². The Hall–Kier alpha value is -0.620. The van der Waals surface area contributed by atoms with Crippen LogP contribution in [0.15, 0.2) is 30.6 Å². The maximum absolute atomic E-state index is 5.70. The van der Waals surface area contributed by atoms with Crippen molar-refractivity contribution in [3.8, 4) is 5.82 Å². The molecule has 0 unspecified atom stereocenters. The molecule has 2 heterocycles.